The molecular weight excluding hydrogens is 384 g/mol. The zero-order valence-electron chi connectivity index (χ0n) is 13.4. The maximum absolute atomic E-state index is 12.3. The number of nitro groups is 1. The number of hydrogen-bond acceptors (Lipinski definition) is 7. The molecule has 1 fully saturated rings. The number of aryl methyl sites for hydroxylation is 1. The molecule has 10 heteroatoms. The van der Waals surface area contributed by atoms with Gasteiger partial charge in [0, 0.05) is 35.3 Å². The summed E-state index contributed by atoms with van der Waals surface area (Å²) in [5.74, 6) is -0.284. The minimum atomic E-state index is -0.462. The lowest BCUT2D eigenvalue weighted by Gasteiger charge is -2.11. The Morgan fingerprint density at radius 2 is 2.32 bits per heavy atom. The van der Waals surface area contributed by atoms with Crippen molar-refractivity contribution in [2.45, 2.75) is 28.6 Å². The number of thiazole rings is 1. The van der Waals surface area contributed by atoms with Crippen LogP contribution in [0.5, 0.6) is 0 Å². The quantitative estimate of drug-likeness (QED) is 0.591. The van der Waals surface area contributed by atoms with Crippen molar-refractivity contribution in [3.8, 4) is 0 Å². The van der Waals surface area contributed by atoms with Crippen molar-refractivity contribution >= 4 is 47.1 Å². The number of nitro benzene ring substituents is 1. The Morgan fingerprint density at radius 1 is 1.52 bits per heavy atom. The molecule has 0 radical (unpaired) electrons. The van der Waals surface area contributed by atoms with Crippen LogP contribution >= 0.6 is 35.5 Å². The minimum absolute atomic E-state index is 0. The van der Waals surface area contributed by atoms with Gasteiger partial charge in [-0.2, -0.15) is 0 Å². The van der Waals surface area contributed by atoms with Crippen LogP contribution in [0.15, 0.2) is 32.8 Å². The van der Waals surface area contributed by atoms with Gasteiger partial charge in [-0.1, -0.05) is 11.8 Å². The van der Waals surface area contributed by atoms with Crippen LogP contribution in [0.3, 0.4) is 0 Å². The number of nitrogens with one attached hydrogen (secondary N) is 2. The predicted molar refractivity (Wildman–Crippen MR) is 100 cm³/mol. The number of halogens is 1. The number of hydrogen-bond donors (Lipinski definition) is 2. The van der Waals surface area contributed by atoms with Crippen LogP contribution in [0, 0.1) is 17.0 Å². The van der Waals surface area contributed by atoms with Gasteiger partial charge in [0.2, 0.25) is 0 Å². The van der Waals surface area contributed by atoms with Crippen LogP contribution in [0.2, 0.25) is 0 Å². The summed E-state index contributed by atoms with van der Waals surface area (Å²) in [6.45, 7) is 3.47. The molecule has 7 nitrogen and oxygen atoms in total. The monoisotopic (exact) mass is 400 g/mol. The molecule has 1 amide bonds. The Labute approximate surface area is 159 Å². The predicted octanol–water partition coefficient (Wildman–Crippen LogP) is 3.02. The van der Waals surface area contributed by atoms with E-state index in [4.69, 9.17) is 0 Å². The molecular formula is C15H17ClN4O3S2. The highest BCUT2D eigenvalue weighted by Gasteiger charge is 2.22. The van der Waals surface area contributed by atoms with E-state index in [1.54, 1.807) is 12.1 Å². The zero-order chi connectivity index (χ0) is 17.1. The third kappa shape index (κ3) is 4.91. The number of aromatic nitrogens is 1. The first-order chi connectivity index (χ1) is 11.5. The van der Waals surface area contributed by atoms with E-state index in [2.05, 4.69) is 15.6 Å². The number of amides is 1. The molecule has 0 spiro atoms. The van der Waals surface area contributed by atoms with Crippen LogP contribution in [0.4, 0.5) is 5.69 Å². The highest BCUT2D eigenvalue weighted by atomic mass is 35.5. The minimum Gasteiger partial charge on any atom is -0.348 e. The van der Waals surface area contributed by atoms with Gasteiger partial charge in [0.15, 0.2) is 4.34 Å². The van der Waals surface area contributed by atoms with E-state index in [0.29, 0.717) is 10.5 Å². The number of benzene rings is 1. The van der Waals surface area contributed by atoms with Crippen molar-refractivity contribution in [2.24, 2.45) is 0 Å². The molecule has 25 heavy (non-hydrogen) atoms. The van der Waals surface area contributed by atoms with Crippen LogP contribution in [-0.2, 0) is 0 Å². The highest BCUT2D eigenvalue weighted by Crippen LogP contribution is 2.36. The third-order valence-electron chi connectivity index (χ3n) is 3.61. The van der Waals surface area contributed by atoms with Crippen molar-refractivity contribution in [3.63, 3.8) is 0 Å². The lowest BCUT2D eigenvalue weighted by Crippen LogP contribution is -2.36. The van der Waals surface area contributed by atoms with Crippen molar-refractivity contribution < 1.29 is 9.72 Å². The topological polar surface area (TPSA) is 97.2 Å². The van der Waals surface area contributed by atoms with Gasteiger partial charge in [-0.3, -0.25) is 14.9 Å². The van der Waals surface area contributed by atoms with Crippen molar-refractivity contribution in [2.75, 3.05) is 13.1 Å². The first-order valence-electron chi connectivity index (χ1n) is 7.43. The second-order valence-corrected chi connectivity index (χ2v) is 7.61. The van der Waals surface area contributed by atoms with E-state index in [9.17, 15) is 14.9 Å². The van der Waals surface area contributed by atoms with Crippen molar-refractivity contribution in [1.82, 2.24) is 15.6 Å². The lowest BCUT2D eigenvalue weighted by atomic mass is 10.1. The summed E-state index contributed by atoms with van der Waals surface area (Å²) >= 11 is 2.68. The van der Waals surface area contributed by atoms with Crippen LogP contribution in [-0.4, -0.2) is 34.9 Å². The van der Waals surface area contributed by atoms with E-state index in [1.165, 1.54) is 29.2 Å². The summed E-state index contributed by atoms with van der Waals surface area (Å²) in [5, 5.41) is 19.3. The molecule has 1 atom stereocenters. The number of nitrogens with zero attached hydrogens (tertiary/aromatic N) is 2. The number of rotatable bonds is 5. The van der Waals surface area contributed by atoms with Crippen LogP contribution in [0.1, 0.15) is 22.5 Å². The Hall–Kier alpha value is -1.68. The molecule has 2 heterocycles. The fourth-order valence-electron chi connectivity index (χ4n) is 2.41. The molecule has 1 unspecified atom stereocenters. The molecule has 3 rings (SSSR count). The summed E-state index contributed by atoms with van der Waals surface area (Å²) in [7, 11) is 0. The average molecular weight is 401 g/mol. The maximum Gasteiger partial charge on any atom is 0.284 e. The van der Waals surface area contributed by atoms with Gasteiger partial charge in [0.25, 0.3) is 11.6 Å². The molecule has 0 aliphatic carbocycles. The van der Waals surface area contributed by atoms with Crippen LogP contribution < -0.4 is 10.6 Å². The van der Waals surface area contributed by atoms with Gasteiger partial charge < -0.3 is 10.6 Å². The van der Waals surface area contributed by atoms with Gasteiger partial charge >= 0.3 is 0 Å². The Bertz CT molecular complexity index is 778. The standard InChI is InChI=1S/C15H16N4O3S2.ClH/c1-9-8-23-15(17-9)24-13-3-2-10(6-12(13)19(21)22)14(20)18-11-4-5-16-7-11;/h2-3,6,8,11,16H,4-5,7H2,1H3,(H,18,20);1H. The molecule has 1 aliphatic heterocycles. The third-order valence-corrected chi connectivity index (χ3v) is 5.73. The molecule has 1 aromatic carbocycles. The number of carbonyl (C=O) groups excluding carboxylic acids is 1. The van der Waals surface area contributed by atoms with E-state index >= 15 is 0 Å². The highest BCUT2D eigenvalue weighted by molar-refractivity contribution is 8.01. The number of carbonyl (C=O) groups is 1. The smallest absolute Gasteiger partial charge is 0.284 e. The summed E-state index contributed by atoms with van der Waals surface area (Å²) in [6, 6.07) is 4.64. The second-order valence-electron chi connectivity index (χ2n) is 5.46. The molecule has 2 aromatic rings. The van der Waals surface area contributed by atoms with Gasteiger partial charge in [-0.25, -0.2) is 4.98 Å². The van der Waals surface area contributed by atoms with Crippen molar-refractivity contribution in [3.05, 3.63) is 45.0 Å². The fraction of sp³-hybridized carbons (Fsp3) is 0.333. The van der Waals surface area contributed by atoms with E-state index in [0.717, 1.165) is 29.5 Å². The van der Waals surface area contributed by atoms with Gasteiger partial charge in [0.05, 0.1) is 9.82 Å². The fourth-order valence-corrected chi connectivity index (χ4v) is 4.29. The molecule has 0 bridgehead atoms. The van der Waals surface area contributed by atoms with Crippen LogP contribution in [0.25, 0.3) is 0 Å². The molecule has 1 aliphatic rings. The van der Waals surface area contributed by atoms with Gasteiger partial charge in [0.1, 0.15) is 0 Å². The maximum atomic E-state index is 12.3. The molecule has 134 valence electrons. The largest absolute Gasteiger partial charge is 0.348 e. The van der Waals surface area contributed by atoms with E-state index in [1.807, 2.05) is 12.3 Å². The summed E-state index contributed by atoms with van der Waals surface area (Å²) in [4.78, 5) is 28.0. The Balaban J connectivity index is 0.00000225. The van der Waals surface area contributed by atoms with Crippen molar-refractivity contribution in [1.29, 1.82) is 0 Å². The first kappa shape index (κ1) is 19.6. The average Bonchev–Trinajstić information content (AvgIpc) is 3.19. The zero-order valence-corrected chi connectivity index (χ0v) is 15.8. The summed E-state index contributed by atoms with van der Waals surface area (Å²) in [6.07, 6.45) is 0.866. The second kappa shape index (κ2) is 8.61. The SMILES string of the molecule is Cc1csc(Sc2ccc(C(=O)NC3CCNC3)cc2[N+](=O)[O-])n1.Cl. The normalized spacial score (nSPS) is 16.3. The summed E-state index contributed by atoms with van der Waals surface area (Å²) in [5.41, 5.74) is 1.10. The molecule has 1 aromatic heterocycles. The first-order valence-corrected chi connectivity index (χ1v) is 9.12. The Kier molecular flexibility index (Phi) is 6.77. The van der Waals surface area contributed by atoms with Gasteiger partial charge in [-0.05, 0) is 32.0 Å². The molecule has 2 N–H and O–H groups in total. The van der Waals surface area contributed by atoms with E-state index in [-0.39, 0.29) is 30.0 Å². The Morgan fingerprint density at radius 3 is 2.92 bits per heavy atom. The lowest BCUT2D eigenvalue weighted by molar-refractivity contribution is -0.387. The van der Waals surface area contributed by atoms with Gasteiger partial charge in [-0.15, -0.1) is 23.7 Å². The molecule has 0 saturated carbocycles. The van der Waals surface area contributed by atoms with E-state index < -0.39 is 4.92 Å². The molecule has 1 saturated heterocycles. The summed E-state index contributed by atoms with van der Waals surface area (Å²) < 4.78 is 0.741.